The summed E-state index contributed by atoms with van der Waals surface area (Å²) >= 11 is 0. The van der Waals surface area contributed by atoms with E-state index in [0.717, 1.165) is 38.5 Å². The Morgan fingerprint density at radius 3 is 1.61 bits per heavy atom. The number of rotatable bonds is 18. The number of hydrogen-bond acceptors (Lipinski definition) is 28. The van der Waals surface area contributed by atoms with Crippen molar-refractivity contribution < 1.29 is 139 Å². The molecule has 1 unspecified atom stereocenters. The van der Waals surface area contributed by atoms with Crippen LogP contribution in [-0.4, -0.2) is 291 Å². The molecule has 17 N–H and O–H groups in total. The lowest BCUT2D eigenvalue weighted by atomic mass is 9.44. The Morgan fingerprint density at radius 2 is 1.01 bits per heavy atom. The minimum absolute atomic E-state index is 0.0999. The van der Waals surface area contributed by atoms with Gasteiger partial charge >= 0.3 is 0 Å². The van der Waals surface area contributed by atoms with E-state index in [4.69, 9.17) is 52.1 Å². The first kappa shape index (κ1) is 66.8. The number of ether oxygens (including phenoxy) is 11. The van der Waals surface area contributed by atoms with Crippen LogP contribution < -0.4 is 0 Å². The normalized spacial score (nSPS) is 55.8. The molecular formula is C57H96O28. The Bertz CT molecular complexity index is 2170. The molecule has 10 fully saturated rings. The van der Waals surface area contributed by atoms with Gasteiger partial charge in [-0.25, -0.2) is 0 Å². The van der Waals surface area contributed by atoms with E-state index in [0.29, 0.717) is 43.4 Å². The molecule has 10 aliphatic rings. The average Bonchev–Trinajstić information content (AvgIpc) is 1.64. The van der Waals surface area contributed by atoms with Gasteiger partial charge in [-0.1, -0.05) is 27.7 Å². The van der Waals surface area contributed by atoms with E-state index in [9.17, 15) is 86.8 Å². The number of hydrogen-bond donors (Lipinski definition) is 17. The van der Waals surface area contributed by atoms with E-state index in [-0.39, 0.29) is 47.2 Å². The highest BCUT2D eigenvalue weighted by Crippen LogP contribution is 2.71. The maximum atomic E-state index is 12.5. The number of aliphatic hydroxyl groups is 17. The van der Waals surface area contributed by atoms with Crippen LogP contribution in [0.3, 0.4) is 0 Å². The maximum Gasteiger partial charge on any atom is 0.187 e. The summed E-state index contributed by atoms with van der Waals surface area (Å²) in [5, 5.41) is 182. The lowest BCUT2D eigenvalue weighted by Gasteiger charge is -2.61. The molecule has 0 spiro atoms. The first-order chi connectivity index (χ1) is 40.2. The maximum absolute atomic E-state index is 12.5. The minimum atomic E-state index is -1.95. The Labute approximate surface area is 493 Å². The molecule has 4 aliphatic carbocycles. The van der Waals surface area contributed by atoms with Gasteiger partial charge in [-0.3, -0.25) is 0 Å². The van der Waals surface area contributed by atoms with E-state index < -0.39 is 192 Å². The third kappa shape index (κ3) is 12.4. The third-order valence-corrected chi connectivity index (χ3v) is 22.2. The lowest BCUT2D eigenvalue weighted by Crippen LogP contribution is -2.67. The summed E-state index contributed by atoms with van der Waals surface area (Å²) in [5.41, 5.74) is -0.212. The average molecular weight is 1230 g/mol. The Hall–Kier alpha value is -1.12. The number of fused-ring (bicyclic) bond motifs is 7. The Kier molecular flexibility index (Phi) is 20.8. The van der Waals surface area contributed by atoms with Gasteiger partial charge in [0.05, 0.1) is 51.3 Å². The highest BCUT2D eigenvalue weighted by Gasteiger charge is 2.69. The molecule has 0 aromatic carbocycles. The smallest absolute Gasteiger partial charge is 0.187 e. The van der Waals surface area contributed by atoms with Crippen LogP contribution in [0.2, 0.25) is 0 Å². The fraction of sp³-hybridized carbons (Fsp3) is 1.00. The molecule has 0 aromatic heterocycles. The zero-order valence-corrected chi connectivity index (χ0v) is 48.8. The summed E-state index contributed by atoms with van der Waals surface area (Å²) < 4.78 is 67.0. The van der Waals surface area contributed by atoms with Gasteiger partial charge in [0.1, 0.15) is 116 Å². The highest BCUT2D eigenvalue weighted by molar-refractivity contribution is 5.15. The quantitative estimate of drug-likeness (QED) is 0.0571. The van der Waals surface area contributed by atoms with E-state index in [2.05, 4.69) is 20.8 Å². The van der Waals surface area contributed by atoms with Gasteiger partial charge in [-0.15, -0.1) is 0 Å². The van der Waals surface area contributed by atoms with Crippen molar-refractivity contribution in [2.24, 2.45) is 52.3 Å². The third-order valence-electron chi connectivity index (χ3n) is 22.2. The fourth-order valence-electron chi connectivity index (χ4n) is 17.0. The van der Waals surface area contributed by atoms with Crippen LogP contribution in [0, 0.1) is 52.3 Å². The van der Waals surface area contributed by atoms with Crippen molar-refractivity contribution in [2.45, 2.75) is 270 Å². The summed E-state index contributed by atoms with van der Waals surface area (Å²) in [4.78, 5) is 0. The zero-order chi connectivity index (χ0) is 61.5. The Morgan fingerprint density at radius 1 is 0.494 bits per heavy atom. The van der Waals surface area contributed by atoms with Crippen molar-refractivity contribution in [2.75, 3.05) is 33.0 Å². The van der Waals surface area contributed by atoms with Gasteiger partial charge in [0.2, 0.25) is 0 Å². The molecular weight excluding hydrogens is 1130 g/mol. The minimum Gasteiger partial charge on any atom is -0.394 e. The highest BCUT2D eigenvalue weighted by atomic mass is 16.8. The molecule has 10 rings (SSSR count). The molecule has 28 heteroatoms. The molecule has 0 amide bonds. The van der Waals surface area contributed by atoms with Crippen molar-refractivity contribution in [3.8, 4) is 0 Å². The largest absolute Gasteiger partial charge is 0.394 e. The standard InChI is InChI=1S/C57H96O28/c1-21(19-75-50-43(69)40(66)36(62)30(16-58)79-50)8-13-57(74)22(2)34-29(85-57)15-28-26-7-6-24-14-25(9-11-55(24,4)27(26)10-12-56(28,34)5)78-54-49(84-53-46(72)42(68)38(64)32(18-60)81-53)47(73)48(83-52-45(71)39(65)35(61)23(3)77-52)33(82-54)20-76-51-44(70)41(67)37(63)31(17-59)80-51/h21-54,58-74H,6-20H2,1-5H3/t21?,22-,23-,24+,25-,26+,27-,28-,29-,30+,31+,32+,33+,34-,35-,36-,37-,38+,39+,40-,41-,42-,43+,44+,45+,46+,47-,48+,49+,50+,51+,52-,53-,54+,55-,56-,57+/m0/s1. The van der Waals surface area contributed by atoms with Crippen molar-refractivity contribution in [1.82, 2.24) is 0 Å². The fourth-order valence-corrected chi connectivity index (χ4v) is 17.0. The van der Waals surface area contributed by atoms with Crippen LogP contribution in [0.25, 0.3) is 0 Å². The first-order valence-electron chi connectivity index (χ1n) is 30.7. The molecule has 0 radical (unpaired) electrons. The van der Waals surface area contributed by atoms with Crippen LogP contribution >= 0.6 is 0 Å². The summed E-state index contributed by atoms with van der Waals surface area (Å²) in [6, 6.07) is 0. The Balaban J connectivity index is 0.826. The van der Waals surface area contributed by atoms with Crippen molar-refractivity contribution in [3.63, 3.8) is 0 Å². The van der Waals surface area contributed by atoms with Gasteiger partial charge in [0.15, 0.2) is 37.2 Å². The number of aliphatic hydroxyl groups excluding tert-OH is 16. The second-order valence-corrected chi connectivity index (χ2v) is 27.1. The van der Waals surface area contributed by atoms with Gasteiger partial charge in [0.25, 0.3) is 0 Å². The second kappa shape index (κ2) is 26.5. The molecule has 37 atom stereocenters. The van der Waals surface area contributed by atoms with Crippen molar-refractivity contribution in [1.29, 1.82) is 0 Å². The van der Waals surface area contributed by atoms with Gasteiger partial charge in [-0.05, 0) is 111 Å². The van der Waals surface area contributed by atoms with E-state index >= 15 is 0 Å². The van der Waals surface area contributed by atoms with E-state index in [1.54, 1.807) is 0 Å². The molecule has 492 valence electrons. The predicted octanol–water partition coefficient (Wildman–Crippen LogP) is -5.10. The molecule has 0 bridgehead atoms. The van der Waals surface area contributed by atoms with Crippen LogP contribution in [0.5, 0.6) is 0 Å². The molecule has 6 saturated heterocycles. The topological polar surface area (TPSA) is 445 Å². The second-order valence-electron chi connectivity index (χ2n) is 27.1. The SMILES string of the molecule is CC(CC[C@@]1(O)O[C@H]2C[C@H]3[C@@H]4CC[C@@H]5C[C@@H](O[C@@H]6O[C@H](CO[C@@H]7O[C@H](CO)[C@H](O)[C@H](O)[C@H]7O)[C@@H](O[C@@H]7O[C@@H](C)[C@H](O)[C@@H](O)[C@H]7O)[C@H](O)[C@H]6O[C@@H]6O[C@H](CO)[C@@H](O)[C@H](O)[C@H]6O)CC[C@]5(C)[C@H]4CC[C@]3(C)[C@H]2[C@@H]1C)CO[C@@H]1O[C@H](CO)[C@H](O)[C@H](O)[C@H]1O. The predicted molar refractivity (Wildman–Crippen MR) is 283 cm³/mol. The van der Waals surface area contributed by atoms with Crippen molar-refractivity contribution >= 4 is 0 Å². The van der Waals surface area contributed by atoms with Crippen LogP contribution in [0.4, 0.5) is 0 Å². The molecule has 0 aromatic rings. The monoisotopic (exact) mass is 1230 g/mol. The molecule has 4 saturated carbocycles. The summed E-state index contributed by atoms with van der Waals surface area (Å²) in [7, 11) is 0. The van der Waals surface area contributed by atoms with E-state index in [1.165, 1.54) is 6.92 Å². The molecule has 6 heterocycles. The lowest BCUT2D eigenvalue weighted by molar-refractivity contribution is -0.395. The van der Waals surface area contributed by atoms with Gasteiger partial charge in [0, 0.05) is 12.3 Å². The summed E-state index contributed by atoms with van der Waals surface area (Å²) in [6.45, 7) is 7.51. The molecule has 28 nitrogen and oxygen atoms in total. The van der Waals surface area contributed by atoms with E-state index in [1.807, 2.05) is 6.92 Å². The van der Waals surface area contributed by atoms with Crippen LogP contribution in [0.1, 0.15) is 98.8 Å². The molecule has 6 aliphatic heterocycles. The van der Waals surface area contributed by atoms with Crippen molar-refractivity contribution in [3.05, 3.63) is 0 Å². The van der Waals surface area contributed by atoms with Gasteiger partial charge < -0.3 is 139 Å². The van der Waals surface area contributed by atoms with Crippen LogP contribution in [-0.2, 0) is 52.1 Å². The van der Waals surface area contributed by atoms with Gasteiger partial charge in [-0.2, -0.15) is 0 Å². The molecule has 85 heavy (non-hydrogen) atoms. The summed E-state index contributed by atoms with van der Waals surface area (Å²) in [6.07, 6.45) is -34.1. The zero-order valence-electron chi connectivity index (χ0n) is 48.8. The van der Waals surface area contributed by atoms with Crippen LogP contribution in [0.15, 0.2) is 0 Å². The summed E-state index contributed by atoms with van der Waals surface area (Å²) in [5.74, 6) is -0.282. The first-order valence-corrected chi connectivity index (χ1v) is 30.7.